The van der Waals surface area contributed by atoms with E-state index in [0.29, 0.717) is 5.69 Å². The molecule has 7 nitrogen and oxygen atoms in total. The average molecular weight is 194 g/mol. The van der Waals surface area contributed by atoms with Gasteiger partial charge < -0.3 is 10.6 Å². The lowest BCUT2D eigenvalue weighted by Gasteiger charge is -2.16. The minimum atomic E-state index is -0.379. The van der Waals surface area contributed by atoms with E-state index in [-0.39, 0.29) is 17.9 Å². The maximum atomic E-state index is 11.2. The van der Waals surface area contributed by atoms with Gasteiger partial charge in [0.05, 0.1) is 6.20 Å². The van der Waals surface area contributed by atoms with E-state index < -0.39 is 0 Å². The lowest BCUT2D eigenvalue weighted by Crippen LogP contribution is -2.30. The Morgan fingerprint density at radius 1 is 1.50 bits per heavy atom. The van der Waals surface area contributed by atoms with Crippen LogP contribution in [-0.2, 0) is 7.05 Å². The number of carbonyl (C=O) groups is 1. The van der Waals surface area contributed by atoms with Crippen LogP contribution in [0, 0.1) is 0 Å². The molecule has 0 fully saturated rings. The zero-order valence-electron chi connectivity index (χ0n) is 7.88. The number of aromatic nitrogens is 3. The van der Waals surface area contributed by atoms with E-state index in [1.165, 1.54) is 4.90 Å². The number of likely N-dealkylation sites (N-methyl/N-ethyl adjacent to an activating group) is 1. The van der Waals surface area contributed by atoms with Crippen LogP contribution in [0.3, 0.4) is 0 Å². The SMILES string of the molecule is CN1C(=O)N=C(N)C1c1cn(C)nn1. The van der Waals surface area contributed by atoms with Crippen molar-refractivity contribution in [3.63, 3.8) is 0 Å². The third kappa shape index (κ3) is 1.13. The van der Waals surface area contributed by atoms with E-state index in [2.05, 4.69) is 15.3 Å². The van der Waals surface area contributed by atoms with Gasteiger partial charge in [-0.05, 0) is 0 Å². The molecule has 2 heterocycles. The molecule has 2 N–H and O–H groups in total. The monoisotopic (exact) mass is 194 g/mol. The van der Waals surface area contributed by atoms with Crippen molar-refractivity contribution in [2.24, 2.45) is 17.8 Å². The topological polar surface area (TPSA) is 89.4 Å². The van der Waals surface area contributed by atoms with Crippen molar-refractivity contribution in [3.05, 3.63) is 11.9 Å². The zero-order chi connectivity index (χ0) is 10.3. The predicted molar refractivity (Wildman–Crippen MR) is 48.5 cm³/mol. The fourth-order valence-corrected chi connectivity index (χ4v) is 1.40. The first-order valence-electron chi connectivity index (χ1n) is 4.06. The van der Waals surface area contributed by atoms with Crippen LogP contribution in [0.25, 0.3) is 0 Å². The quantitative estimate of drug-likeness (QED) is 0.638. The number of hydrogen-bond donors (Lipinski definition) is 1. The number of carbonyl (C=O) groups excluding carboxylic acids is 1. The standard InChI is InChI=1S/C7H10N6O/c1-12-3-4(10-11-12)5-6(8)9-7(14)13(5)2/h3,5H,1-2H3,(H2,8,9,14). The summed E-state index contributed by atoms with van der Waals surface area (Å²) < 4.78 is 1.55. The molecular weight excluding hydrogens is 184 g/mol. The number of nitrogens with two attached hydrogens (primary N) is 1. The van der Waals surface area contributed by atoms with E-state index >= 15 is 0 Å². The largest absolute Gasteiger partial charge is 0.385 e. The maximum Gasteiger partial charge on any atom is 0.345 e. The summed E-state index contributed by atoms with van der Waals surface area (Å²) >= 11 is 0. The lowest BCUT2D eigenvalue weighted by atomic mass is 10.2. The third-order valence-electron chi connectivity index (χ3n) is 2.09. The summed E-state index contributed by atoms with van der Waals surface area (Å²) in [4.78, 5) is 16.2. The number of urea groups is 1. The molecule has 0 aliphatic carbocycles. The van der Waals surface area contributed by atoms with Crippen molar-refractivity contribution >= 4 is 11.9 Å². The Morgan fingerprint density at radius 2 is 2.21 bits per heavy atom. The second kappa shape index (κ2) is 2.79. The van der Waals surface area contributed by atoms with E-state index in [1.807, 2.05) is 0 Å². The summed E-state index contributed by atoms with van der Waals surface area (Å²) in [5.74, 6) is 0.262. The van der Waals surface area contributed by atoms with E-state index in [9.17, 15) is 4.79 Å². The Morgan fingerprint density at radius 3 is 2.64 bits per heavy atom. The van der Waals surface area contributed by atoms with Gasteiger partial charge in [0.15, 0.2) is 0 Å². The van der Waals surface area contributed by atoms with Crippen molar-refractivity contribution < 1.29 is 4.79 Å². The van der Waals surface area contributed by atoms with Crippen LogP contribution >= 0.6 is 0 Å². The highest BCUT2D eigenvalue weighted by molar-refractivity contribution is 6.02. The van der Waals surface area contributed by atoms with Crippen molar-refractivity contribution in [2.75, 3.05) is 7.05 Å². The number of aryl methyl sites for hydroxylation is 1. The molecule has 1 aliphatic heterocycles. The Bertz CT molecular complexity index is 408. The fourth-order valence-electron chi connectivity index (χ4n) is 1.40. The van der Waals surface area contributed by atoms with Crippen LogP contribution in [0.4, 0.5) is 4.79 Å². The van der Waals surface area contributed by atoms with Crippen LogP contribution in [-0.4, -0.2) is 38.8 Å². The molecule has 1 atom stereocenters. The number of aliphatic imine (C=N–C) groups is 1. The fraction of sp³-hybridized carbons (Fsp3) is 0.429. The molecule has 0 saturated carbocycles. The summed E-state index contributed by atoms with van der Waals surface area (Å²) in [6, 6.07) is -0.727. The highest BCUT2D eigenvalue weighted by atomic mass is 16.2. The highest BCUT2D eigenvalue weighted by Crippen LogP contribution is 2.22. The molecule has 14 heavy (non-hydrogen) atoms. The van der Waals surface area contributed by atoms with Gasteiger partial charge in [-0.3, -0.25) is 4.68 Å². The first kappa shape index (κ1) is 8.67. The molecule has 1 aromatic heterocycles. The van der Waals surface area contributed by atoms with E-state index in [4.69, 9.17) is 5.73 Å². The molecule has 0 bridgehead atoms. The van der Waals surface area contributed by atoms with Crippen molar-refractivity contribution in [1.29, 1.82) is 0 Å². The van der Waals surface area contributed by atoms with Gasteiger partial charge in [-0.1, -0.05) is 5.21 Å². The molecule has 7 heteroatoms. The van der Waals surface area contributed by atoms with Crippen molar-refractivity contribution in [2.45, 2.75) is 6.04 Å². The van der Waals surface area contributed by atoms with Crippen molar-refractivity contribution in [3.8, 4) is 0 Å². The van der Waals surface area contributed by atoms with Crippen molar-refractivity contribution in [1.82, 2.24) is 19.9 Å². The van der Waals surface area contributed by atoms with Gasteiger partial charge in [-0.25, -0.2) is 4.79 Å². The second-order valence-corrected chi connectivity index (χ2v) is 3.15. The smallest absolute Gasteiger partial charge is 0.345 e. The van der Waals surface area contributed by atoms with Crippen LogP contribution in [0.1, 0.15) is 11.7 Å². The average Bonchev–Trinajstić information content (AvgIpc) is 2.60. The Labute approximate surface area is 80.2 Å². The molecule has 0 radical (unpaired) electrons. The third-order valence-corrected chi connectivity index (χ3v) is 2.09. The summed E-state index contributed by atoms with van der Waals surface area (Å²) in [7, 11) is 3.38. The van der Waals surface area contributed by atoms with Crippen LogP contribution in [0.2, 0.25) is 0 Å². The molecular formula is C7H10N6O. The molecule has 1 aliphatic rings. The van der Waals surface area contributed by atoms with Crippen LogP contribution in [0.15, 0.2) is 11.2 Å². The molecule has 1 aromatic rings. The molecule has 2 rings (SSSR count). The van der Waals surface area contributed by atoms with Gasteiger partial charge in [0.1, 0.15) is 17.6 Å². The molecule has 0 saturated heterocycles. The first-order chi connectivity index (χ1) is 6.59. The van der Waals surface area contributed by atoms with E-state index in [1.54, 1.807) is 25.0 Å². The normalized spacial score (nSPS) is 21.6. The van der Waals surface area contributed by atoms with Gasteiger partial charge in [0.25, 0.3) is 0 Å². The van der Waals surface area contributed by atoms with Gasteiger partial charge in [0, 0.05) is 14.1 Å². The summed E-state index contributed by atoms with van der Waals surface area (Å²) in [5, 5.41) is 7.66. The number of rotatable bonds is 1. The summed E-state index contributed by atoms with van der Waals surface area (Å²) in [6.45, 7) is 0. The predicted octanol–water partition coefficient (Wildman–Crippen LogP) is -0.721. The van der Waals surface area contributed by atoms with Gasteiger partial charge >= 0.3 is 6.03 Å². The second-order valence-electron chi connectivity index (χ2n) is 3.15. The minimum Gasteiger partial charge on any atom is -0.385 e. The summed E-state index contributed by atoms with van der Waals surface area (Å²) in [6.07, 6.45) is 1.71. The minimum absolute atomic E-state index is 0.262. The van der Waals surface area contributed by atoms with E-state index in [0.717, 1.165) is 0 Å². The number of amides is 2. The Balaban J connectivity index is 2.36. The number of amidine groups is 1. The number of nitrogens with zero attached hydrogens (tertiary/aromatic N) is 5. The maximum absolute atomic E-state index is 11.2. The summed E-state index contributed by atoms with van der Waals surface area (Å²) in [5.41, 5.74) is 6.24. The van der Waals surface area contributed by atoms with Crippen LogP contribution in [0.5, 0.6) is 0 Å². The van der Waals surface area contributed by atoms with Gasteiger partial charge in [0.2, 0.25) is 0 Å². The molecule has 1 unspecified atom stereocenters. The zero-order valence-corrected chi connectivity index (χ0v) is 7.88. The number of hydrogen-bond acceptors (Lipinski definition) is 4. The lowest BCUT2D eigenvalue weighted by molar-refractivity contribution is 0.218. The van der Waals surface area contributed by atoms with Crippen LogP contribution < -0.4 is 5.73 Å². The molecule has 74 valence electrons. The molecule has 2 amide bonds. The Hall–Kier alpha value is -1.92. The first-order valence-corrected chi connectivity index (χ1v) is 4.06. The highest BCUT2D eigenvalue weighted by Gasteiger charge is 2.33. The molecule has 0 aromatic carbocycles. The van der Waals surface area contributed by atoms with Gasteiger partial charge in [-0.2, -0.15) is 4.99 Å². The Kier molecular flexibility index (Phi) is 1.73. The van der Waals surface area contributed by atoms with Gasteiger partial charge in [-0.15, -0.1) is 5.10 Å². The molecule has 0 spiro atoms.